The molecule has 0 radical (unpaired) electrons. The van der Waals surface area contributed by atoms with Crippen molar-refractivity contribution in [2.45, 2.75) is 38.0 Å². The van der Waals surface area contributed by atoms with Crippen LogP contribution in [0.5, 0.6) is 0 Å². The predicted molar refractivity (Wildman–Crippen MR) is 84.1 cm³/mol. The normalized spacial score (nSPS) is 20.7. The largest absolute Gasteiger partial charge is 0.465 e. The van der Waals surface area contributed by atoms with Crippen molar-refractivity contribution < 1.29 is 9.90 Å². The minimum atomic E-state index is -0.928. The van der Waals surface area contributed by atoms with Gasteiger partial charge in [0.05, 0.1) is 0 Å². The zero-order valence-electron chi connectivity index (χ0n) is 12.6. The third-order valence-corrected chi connectivity index (χ3v) is 4.73. The van der Waals surface area contributed by atoms with Gasteiger partial charge in [-0.3, -0.25) is 0 Å². The van der Waals surface area contributed by atoms with Crippen molar-refractivity contribution in [1.82, 2.24) is 5.32 Å². The van der Waals surface area contributed by atoms with Crippen LogP contribution in [0.3, 0.4) is 0 Å². The van der Waals surface area contributed by atoms with E-state index < -0.39 is 6.09 Å². The molecule has 0 aliphatic heterocycles. The second-order valence-electron chi connectivity index (χ2n) is 6.48. The zero-order valence-corrected chi connectivity index (χ0v) is 12.6. The Kier molecular flexibility index (Phi) is 4.04. The fraction of sp³-hybridized carbons (Fsp3) is 0.588. The van der Waals surface area contributed by atoms with Crippen LogP contribution in [-0.4, -0.2) is 31.3 Å². The number of nitrogens with one attached hydrogen (secondary N) is 1. The Morgan fingerprint density at radius 3 is 2.90 bits per heavy atom. The van der Waals surface area contributed by atoms with Gasteiger partial charge in [-0.15, -0.1) is 0 Å². The average Bonchev–Trinajstić information content (AvgIpc) is 3.28. The number of fused-ring (bicyclic) bond motifs is 1. The van der Waals surface area contributed by atoms with Crippen molar-refractivity contribution in [1.29, 1.82) is 0 Å². The van der Waals surface area contributed by atoms with Crippen LogP contribution in [0.4, 0.5) is 10.5 Å². The lowest BCUT2D eigenvalue weighted by atomic mass is 9.82. The number of amides is 1. The summed E-state index contributed by atoms with van der Waals surface area (Å²) in [5.74, 6) is 1.21. The summed E-state index contributed by atoms with van der Waals surface area (Å²) in [5.41, 5.74) is 4.03. The van der Waals surface area contributed by atoms with Crippen LogP contribution in [0, 0.1) is 5.92 Å². The summed E-state index contributed by atoms with van der Waals surface area (Å²) in [5, 5.41) is 11.3. The Hall–Kier alpha value is -1.71. The maximum Gasteiger partial charge on any atom is 0.404 e. The molecule has 1 aromatic rings. The minimum Gasteiger partial charge on any atom is -0.465 e. The van der Waals surface area contributed by atoms with Crippen LogP contribution in [0.2, 0.25) is 0 Å². The first kappa shape index (κ1) is 14.2. The molecule has 4 heteroatoms. The minimum absolute atomic E-state index is 0.327. The third-order valence-electron chi connectivity index (χ3n) is 4.73. The van der Waals surface area contributed by atoms with Gasteiger partial charge in [0.25, 0.3) is 0 Å². The second-order valence-corrected chi connectivity index (χ2v) is 6.48. The van der Waals surface area contributed by atoms with Crippen LogP contribution in [0.15, 0.2) is 18.2 Å². The molecule has 2 aliphatic rings. The quantitative estimate of drug-likeness (QED) is 0.874. The highest BCUT2D eigenvalue weighted by molar-refractivity contribution is 5.64. The molecule has 0 saturated heterocycles. The van der Waals surface area contributed by atoms with Crippen LogP contribution >= 0.6 is 0 Å². The lowest BCUT2D eigenvalue weighted by Gasteiger charge is -2.28. The molecular weight excluding hydrogens is 264 g/mol. The lowest BCUT2D eigenvalue weighted by Crippen LogP contribution is -2.28. The maximum absolute atomic E-state index is 10.7. The number of carboxylic acid groups (broad SMARTS) is 1. The fourth-order valence-electron chi connectivity index (χ4n) is 3.35. The number of rotatable bonds is 5. The Morgan fingerprint density at radius 1 is 1.38 bits per heavy atom. The Bertz CT molecular complexity index is 526. The van der Waals surface area contributed by atoms with Gasteiger partial charge >= 0.3 is 6.09 Å². The number of aryl methyl sites for hydroxylation is 1. The van der Waals surface area contributed by atoms with Crippen molar-refractivity contribution in [3.63, 3.8) is 0 Å². The second kappa shape index (κ2) is 5.96. The molecular formula is C17H24N2O2. The number of hydrogen-bond donors (Lipinski definition) is 2. The summed E-state index contributed by atoms with van der Waals surface area (Å²) in [6.07, 6.45) is 5.16. The molecule has 114 valence electrons. The average molecular weight is 288 g/mol. The summed E-state index contributed by atoms with van der Waals surface area (Å²) < 4.78 is 0. The number of anilines is 1. The molecule has 1 amide bonds. The highest BCUT2D eigenvalue weighted by Crippen LogP contribution is 2.35. The molecule has 0 bridgehead atoms. The zero-order chi connectivity index (χ0) is 14.8. The molecule has 1 aromatic carbocycles. The number of nitrogens with zero attached hydrogens (tertiary/aromatic N) is 1. The molecule has 1 saturated carbocycles. The summed E-state index contributed by atoms with van der Waals surface area (Å²) in [6.45, 7) is 1.68. The molecule has 4 nitrogen and oxygen atoms in total. The van der Waals surface area contributed by atoms with Crippen molar-refractivity contribution in [2.75, 3.05) is 25.0 Å². The number of carbonyl (C=O) groups is 1. The van der Waals surface area contributed by atoms with Crippen molar-refractivity contribution in [2.24, 2.45) is 5.92 Å². The molecule has 2 N–H and O–H groups in total. The van der Waals surface area contributed by atoms with Crippen LogP contribution in [0.1, 0.15) is 42.7 Å². The third kappa shape index (κ3) is 3.49. The van der Waals surface area contributed by atoms with Gasteiger partial charge in [0.15, 0.2) is 0 Å². The van der Waals surface area contributed by atoms with Crippen LogP contribution in [-0.2, 0) is 6.42 Å². The van der Waals surface area contributed by atoms with E-state index in [1.807, 2.05) is 0 Å². The van der Waals surface area contributed by atoms with E-state index in [0.29, 0.717) is 12.5 Å². The summed E-state index contributed by atoms with van der Waals surface area (Å²) in [7, 11) is 2.17. The van der Waals surface area contributed by atoms with Gasteiger partial charge in [0, 0.05) is 31.7 Å². The summed E-state index contributed by atoms with van der Waals surface area (Å²) in [4.78, 5) is 13.0. The van der Waals surface area contributed by atoms with Gasteiger partial charge in [-0.25, -0.2) is 4.79 Å². The van der Waals surface area contributed by atoms with Crippen molar-refractivity contribution in [3.05, 3.63) is 29.3 Å². The van der Waals surface area contributed by atoms with Gasteiger partial charge in [-0.2, -0.15) is 0 Å². The standard InChI is InChI=1S/C17H24N2O2/c1-19(11-12-5-6-12)15-7-8-16-13(9-15)3-2-4-14(16)10-18-17(20)21/h7-9,12,14,18H,2-6,10-11H2,1H3,(H,20,21)/t14-/m0/s1. The highest BCUT2D eigenvalue weighted by Gasteiger charge is 2.24. The Labute approximate surface area is 126 Å². The molecule has 0 aromatic heterocycles. The monoisotopic (exact) mass is 288 g/mol. The fourth-order valence-corrected chi connectivity index (χ4v) is 3.35. The molecule has 0 unspecified atom stereocenters. The van der Waals surface area contributed by atoms with Crippen molar-refractivity contribution in [3.8, 4) is 0 Å². The molecule has 1 fully saturated rings. The number of benzene rings is 1. The van der Waals surface area contributed by atoms with E-state index in [9.17, 15) is 4.79 Å². The summed E-state index contributed by atoms with van der Waals surface area (Å²) in [6, 6.07) is 6.71. The number of hydrogen-bond acceptors (Lipinski definition) is 2. The Morgan fingerprint density at radius 2 is 2.19 bits per heavy atom. The SMILES string of the molecule is CN(CC1CC1)c1ccc2c(c1)CCC[C@H]2CNC(=O)O. The van der Waals surface area contributed by atoms with E-state index in [0.717, 1.165) is 31.7 Å². The van der Waals surface area contributed by atoms with Crippen LogP contribution < -0.4 is 10.2 Å². The van der Waals surface area contributed by atoms with E-state index in [1.165, 1.54) is 29.7 Å². The van der Waals surface area contributed by atoms with Crippen molar-refractivity contribution >= 4 is 11.8 Å². The molecule has 0 heterocycles. The van der Waals surface area contributed by atoms with Crippen LogP contribution in [0.25, 0.3) is 0 Å². The van der Waals surface area contributed by atoms with Gasteiger partial charge in [0.2, 0.25) is 0 Å². The molecule has 21 heavy (non-hydrogen) atoms. The van der Waals surface area contributed by atoms with E-state index in [2.05, 4.69) is 35.5 Å². The van der Waals surface area contributed by atoms with E-state index >= 15 is 0 Å². The first-order valence-corrected chi connectivity index (χ1v) is 7.94. The van der Waals surface area contributed by atoms with E-state index in [-0.39, 0.29) is 0 Å². The lowest BCUT2D eigenvalue weighted by molar-refractivity contribution is 0.193. The van der Waals surface area contributed by atoms with Gasteiger partial charge < -0.3 is 15.3 Å². The first-order valence-electron chi connectivity index (χ1n) is 7.94. The smallest absolute Gasteiger partial charge is 0.404 e. The molecule has 2 aliphatic carbocycles. The van der Waals surface area contributed by atoms with Gasteiger partial charge in [-0.05, 0) is 61.3 Å². The summed E-state index contributed by atoms with van der Waals surface area (Å²) >= 11 is 0. The topological polar surface area (TPSA) is 52.6 Å². The van der Waals surface area contributed by atoms with E-state index in [1.54, 1.807) is 0 Å². The van der Waals surface area contributed by atoms with Gasteiger partial charge in [0.1, 0.15) is 0 Å². The predicted octanol–water partition coefficient (Wildman–Crippen LogP) is 3.22. The van der Waals surface area contributed by atoms with Gasteiger partial charge in [-0.1, -0.05) is 6.07 Å². The molecule has 0 spiro atoms. The molecule has 1 atom stereocenters. The molecule has 3 rings (SSSR count). The Balaban J connectivity index is 1.72. The highest BCUT2D eigenvalue weighted by atomic mass is 16.4. The first-order chi connectivity index (χ1) is 10.1. The maximum atomic E-state index is 10.7. The van der Waals surface area contributed by atoms with E-state index in [4.69, 9.17) is 5.11 Å².